The second kappa shape index (κ2) is 6.91. The van der Waals surface area contributed by atoms with Crippen molar-refractivity contribution in [1.29, 1.82) is 0 Å². The fourth-order valence-electron chi connectivity index (χ4n) is 2.44. The molecule has 1 unspecified atom stereocenters. The van der Waals surface area contributed by atoms with Crippen molar-refractivity contribution in [3.8, 4) is 0 Å². The third kappa shape index (κ3) is 3.54. The Morgan fingerprint density at radius 1 is 1.33 bits per heavy atom. The lowest BCUT2D eigenvalue weighted by Crippen LogP contribution is -2.41. The average molecular weight is 305 g/mol. The number of carbonyl (C=O) groups is 1. The zero-order valence-electron chi connectivity index (χ0n) is 12.8. The Balaban J connectivity index is 2.10. The topological polar surface area (TPSA) is 58.4 Å². The summed E-state index contributed by atoms with van der Waals surface area (Å²) in [6.45, 7) is 9.11. The van der Waals surface area contributed by atoms with E-state index in [4.69, 9.17) is 5.73 Å². The molecule has 3 N–H and O–H groups in total. The van der Waals surface area contributed by atoms with E-state index in [1.165, 1.54) is 11.3 Å². The number of nitrogens with zero attached hydrogens (tertiary/aromatic N) is 1. The fraction of sp³-hybridized carbons (Fsp3) is 0.438. The predicted octanol–water partition coefficient (Wildman–Crippen LogP) is 2.94. The molecule has 4 nitrogen and oxygen atoms in total. The zero-order chi connectivity index (χ0) is 15.4. The van der Waals surface area contributed by atoms with Gasteiger partial charge in [0.15, 0.2) is 0 Å². The van der Waals surface area contributed by atoms with Gasteiger partial charge in [-0.05, 0) is 26.1 Å². The molecule has 2 rings (SSSR count). The molecule has 1 aromatic heterocycles. The van der Waals surface area contributed by atoms with E-state index in [-0.39, 0.29) is 11.9 Å². The van der Waals surface area contributed by atoms with Crippen LogP contribution in [-0.2, 0) is 0 Å². The van der Waals surface area contributed by atoms with Crippen molar-refractivity contribution in [1.82, 2.24) is 10.2 Å². The van der Waals surface area contributed by atoms with Crippen LogP contribution in [0, 0.1) is 0 Å². The summed E-state index contributed by atoms with van der Waals surface area (Å²) in [6, 6.07) is 7.95. The van der Waals surface area contributed by atoms with Crippen molar-refractivity contribution in [2.24, 2.45) is 0 Å². The van der Waals surface area contributed by atoms with E-state index in [1.807, 2.05) is 31.2 Å². The molecule has 5 heteroatoms. The molecule has 0 radical (unpaired) electrons. The molecule has 114 valence electrons. The number of hydrogen-bond acceptors (Lipinski definition) is 4. The van der Waals surface area contributed by atoms with Crippen molar-refractivity contribution in [2.75, 3.05) is 25.4 Å². The molecular formula is C16H23N3OS. The van der Waals surface area contributed by atoms with Crippen LogP contribution in [0.25, 0.3) is 10.1 Å². The predicted molar refractivity (Wildman–Crippen MR) is 91.0 cm³/mol. The molecule has 1 atom stereocenters. The number of benzene rings is 1. The Hall–Kier alpha value is -1.59. The molecule has 0 aliphatic carbocycles. The molecule has 0 spiro atoms. The fourth-order valence-corrected chi connectivity index (χ4v) is 3.46. The summed E-state index contributed by atoms with van der Waals surface area (Å²) < 4.78 is 1.05. The number of fused-ring (bicyclic) bond motifs is 1. The molecule has 0 bridgehead atoms. The van der Waals surface area contributed by atoms with Gasteiger partial charge in [0, 0.05) is 22.7 Å². The second-order valence-corrected chi connectivity index (χ2v) is 6.25. The van der Waals surface area contributed by atoms with Gasteiger partial charge in [-0.25, -0.2) is 0 Å². The molecule has 0 aliphatic rings. The summed E-state index contributed by atoms with van der Waals surface area (Å²) in [5, 5.41) is 4.01. The molecule has 1 amide bonds. The molecule has 0 saturated heterocycles. The monoisotopic (exact) mass is 305 g/mol. The lowest BCUT2D eigenvalue weighted by atomic mass is 10.2. The largest absolute Gasteiger partial charge is 0.397 e. The van der Waals surface area contributed by atoms with Gasteiger partial charge in [0.05, 0.1) is 5.69 Å². The number of nitrogen functional groups attached to an aromatic ring is 1. The summed E-state index contributed by atoms with van der Waals surface area (Å²) >= 11 is 1.45. The summed E-state index contributed by atoms with van der Waals surface area (Å²) in [5.74, 6) is -0.0756. The SMILES string of the molecule is CCN(CC)CC(C)NC(=O)c1sc2ccccc2c1N. The number of hydrogen-bond donors (Lipinski definition) is 2. The molecule has 2 aromatic rings. The van der Waals surface area contributed by atoms with Crippen LogP contribution in [0.5, 0.6) is 0 Å². The number of amides is 1. The third-order valence-corrected chi connectivity index (χ3v) is 4.83. The number of anilines is 1. The summed E-state index contributed by atoms with van der Waals surface area (Å²) in [7, 11) is 0. The number of rotatable bonds is 6. The minimum absolute atomic E-state index is 0.0756. The highest BCUT2D eigenvalue weighted by Gasteiger charge is 2.18. The zero-order valence-corrected chi connectivity index (χ0v) is 13.7. The van der Waals surface area contributed by atoms with Crippen molar-refractivity contribution >= 4 is 33.0 Å². The molecular weight excluding hydrogens is 282 g/mol. The highest BCUT2D eigenvalue weighted by molar-refractivity contribution is 7.21. The van der Waals surface area contributed by atoms with Crippen LogP contribution in [-0.4, -0.2) is 36.5 Å². The van der Waals surface area contributed by atoms with E-state index in [9.17, 15) is 4.79 Å². The first-order valence-corrected chi connectivity index (χ1v) is 8.18. The maximum absolute atomic E-state index is 12.4. The summed E-state index contributed by atoms with van der Waals surface area (Å²) in [5.41, 5.74) is 6.69. The highest BCUT2D eigenvalue weighted by Crippen LogP contribution is 2.33. The van der Waals surface area contributed by atoms with Gasteiger partial charge in [-0.15, -0.1) is 11.3 Å². The van der Waals surface area contributed by atoms with Crippen LogP contribution in [0.4, 0.5) is 5.69 Å². The van der Waals surface area contributed by atoms with Crippen LogP contribution < -0.4 is 11.1 Å². The van der Waals surface area contributed by atoms with Gasteiger partial charge in [-0.3, -0.25) is 4.79 Å². The highest BCUT2D eigenvalue weighted by atomic mass is 32.1. The Kier molecular flexibility index (Phi) is 5.20. The van der Waals surface area contributed by atoms with Crippen molar-refractivity contribution < 1.29 is 4.79 Å². The van der Waals surface area contributed by atoms with Gasteiger partial charge in [0.2, 0.25) is 0 Å². The summed E-state index contributed by atoms with van der Waals surface area (Å²) in [4.78, 5) is 15.3. The van der Waals surface area contributed by atoms with E-state index in [0.717, 1.165) is 29.7 Å². The number of carbonyl (C=O) groups excluding carboxylic acids is 1. The third-order valence-electron chi connectivity index (χ3n) is 3.64. The van der Waals surface area contributed by atoms with Gasteiger partial charge in [-0.1, -0.05) is 32.0 Å². The molecule has 0 fully saturated rings. The van der Waals surface area contributed by atoms with Gasteiger partial charge in [0.1, 0.15) is 4.88 Å². The van der Waals surface area contributed by atoms with Crippen LogP contribution in [0.2, 0.25) is 0 Å². The van der Waals surface area contributed by atoms with Gasteiger partial charge in [0.25, 0.3) is 5.91 Å². The number of likely N-dealkylation sites (N-methyl/N-ethyl adjacent to an activating group) is 1. The Bertz CT molecular complexity index is 619. The van der Waals surface area contributed by atoms with Crippen LogP contribution in [0.1, 0.15) is 30.4 Å². The van der Waals surface area contributed by atoms with E-state index < -0.39 is 0 Å². The number of nitrogens with two attached hydrogens (primary N) is 1. The Morgan fingerprint density at radius 3 is 2.62 bits per heavy atom. The second-order valence-electron chi connectivity index (χ2n) is 5.20. The number of nitrogens with one attached hydrogen (secondary N) is 1. The van der Waals surface area contributed by atoms with Crippen molar-refractivity contribution in [3.63, 3.8) is 0 Å². The Morgan fingerprint density at radius 2 is 2.00 bits per heavy atom. The van der Waals surface area contributed by atoms with Crippen LogP contribution in [0.3, 0.4) is 0 Å². The average Bonchev–Trinajstić information content (AvgIpc) is 2.82. The molecule has 0 saturated carbocycles. The molecule has 1 aromatic carbocycles. The Labute approximate surface area is 129 Å². The van der Waals surface area contributed by atoms with Crippen LogP contribution in [0.15, 0.2) is 24.3 Å². The van der Waals surface area contributed by atoms with Crippen molar-refractivity contribution in [2.45, 2.75) is 26.8 Å². The first-order valence-electron chi connectivity index (χ1n) is 7.37. The van der Waals surface area contributed by atoms with E-state index in [1.54, 1.807) is 0 Å². The normalized spacial score (nSPS) is 12.8. The minimum Gasteiger partial charge on any atom is -0.397 e. The maximum Gasteiger partial charge on any atom is 0.263 e. The summed E-state index contributed by atoms with van der Waals surface area (Å²) in [6.07, 6.45) is 0. The first kappa shape index (κ1) is 15.8. The molecule has 1 heterocycles. The van der Waals surface area contributed by atoms with Crippen molar-refractivity contribution in [3.05, 3.63) is 29.1 Å². The van der Waals surface area contributed by atoms with Gasteiger partial charge in [-0.2, -0.15) is 0 Å². The van der Waals surface area contributed by atoms with Crippen LogP contribution >= 0.6 is 11.3 Å². The lowest BCUT2D eigenvalue weighted by Gasteiger charge is -2.23. The van der Waals surface area contributed by atoms with E-state index in [2.05, 4.69) is 24.1 Å². The quantitative estimate of drug-likeness (QED) is 0.862. The number of thiophene rings is 1. The molecule has 21 heavy (non-hydrogen) atoms. The standard InChI is InChI=1S/C16H23N3OS/c1-4-19(5-2)10-11(3)18-16(20)15-14(17)12-8-6-7-9-13(12)21-15/h6-9,11H,4-5,10,17H2,1-3H3,(H,18,20). The smallest absolute Gasteiger partial charge is 0.263 e. The minimum atomic E-state index is -0.0756. The first-order chi connectivity index (χ1) is 10.1. The molecule has 0 aliphatic heterocycles. The van der Waals surface area contributed by atoms with Gasteiger partial charge >= 0.3 is 0 Å². The van der Waals surface area contributed by atoms with E-state index >= 15 is 0 Å². The van der Waals surface area contributed by atoms with Gasteiger partial charge < -0.3 is 16.0 Å². The van der Waals surface area contributed by atoms with E-state index in [0.29, 0.717) is 10.6 Å². The maximum atomic E-state index is 12.4. The lowest BCUT2D eigenvalue weighted by molar-refractivity contribution is 0.0935.